The van der Waals surface area contributed by atoms with Crippen molar-refractivity contribution in [2.45, 2.75) is 33.7 Å². The number of nitrogens with one attached hydrogen (secondary N) is 1. The van der Waals surface area contributed by atoms with Gasteiger partial charge in [0, 0.05) is 5.69 Å². The van der Waals surface area contributed by atoms with Gasteiger partial charge in [0.15, 0.2) is 0 Å². The van der Waals surface area contributed by atoms with E-state index < -0.39 is 0 Å². The lowest BCUT2D eigenvalue weighted by atomic mass is 10.1. The van der Waals surface area contributed by atoms with Gasteiger partial charge >= 0.3 is 0 Å². The van der Waals surface area contributed by atoms with Crippen LogP contribution in [0, 0.1) is 19.8 Å². The Morgan fingerprint density at radius 3 is 2.39 bits per heavy atom. The predicted octanol–water partition coefficient (Wildman–Crippen LogP) is 4.85. The summed E-state index contributed by atoms with van der Waals surface area (Å²) in [7, 11) is 0. The average Bonchev–Trinajstić information content (AvgIpc) is 3.01. The van der Waals surface area contributed by atoms with Crippen molar-refractivity contribution in [2.75, 3.05) is 11.9 Å². The molecule has 3 nitrogen and oxygen atoms in total. The van der Waals surface area contributed by atoms with Gasteiger partial charge in [-0.3, -0.25) is 0 Å². The summed E-state index contributed by atoms with van der Waals surface area (Å²) >= 11 is 0. The minimum absolute atomic E-state index is 0.248. The topological polar surface area (TPSA) is 33.6 Å². The van der Waals surface area contributed by atoms with Gasteiger partial charge in [-0.2, -0.15) is 0 Å². The second-order valence-electron chi connectivity index (χ2n) is 6.49. The molecule has 2 aromatic carbocycles. The highest BCUT2D eigenvalue weighted by Crippen LogP contribution is 2.28. The number of ether oxygens (including phenoxy) is 1. The molecular formula is C20H24N2O. The van der Waals surface area contributed by atoms with E-state index in [4.69, 9.17) is 9.73 Å². The highest BCUT2D eigenvalue weighted by Gasteiger charge is 2.24. The van der Waals surface area contributed by atoms with Gasteiger partial charge in [-0.05, 0) is 43.0 Å². The Morgan fingerprint density at radius 2 is 1.74 bits per heavy atom. The van der Waals surface area contributed by atoms with Crippen molar-refractivity contribution >= 4 is 17.3 Å². The fraction of sp³-hybridized carbons (Fsp3) is 0.350. The quantitative estimate of drug-likeness (QED) is 0.876. The summed E-state index contributed by atoms with van der Waals surface area (Å²) in [5.74, 6) is 1.24. The van der Waals surface area contributed by atoms with Crippen molar-refractivity contribution in [1.82, 2.24) is 0 Å². The molecule has 3 rings (SSSR count). The number of aryl methyl sites for hydroxylation is 2. The fourth-order valence-electron chi connectivity index (χ4n) is 2.80. The van der Waals surface area contributed by atoms with Crippen molar-refractivity contribution in [1.29, 1.82) is 0 Å². The molecule has 0 unspecified atom stereocenters. The molecule has 1 atom stereocenters. The number of hydrogen-bond acceptors (Lipinski definition) is 3. The number of aliphatic imine (C=N–C) groups is 1. The van der Waals surface area contributed by atoms with E-state index in [1.54, 1.807) is 0 Å². The number of para-hydroxylation sites is 2. The first-order valence-corrected chi connectivity index (χ1v) is 8.19. The van der Waals surface area contributed by atoms with Gasteiger partial charge in [0.05, 0.1) is 17.3 Å². The fourth-order valence-corrected chi connectivity index (χ4v) is 2.80. The number of rotatable bonds is 4. The normalized spacial score (nSPS) is 17.1. The van der Waals surface area contributed by atoms with Crippen LogP contribution in [0.5, 0.6) is 0 Å². The van der Waals surface area contributed by atoms with Gasteiger partial charge in [0.2, 0.25) is 5.90 Å². The Kier molecular flexibility index (Phi) is 4.37. The lowest BCUT2D eigenvalue weighted by molar-refractivity contribution is 0.292. The predicted molar refractivity (Wildman–Crippen MR) is 96.8 cm³/mol. The van der Waals surface area contributed by atoms with Crippen LogP contribution in [-0.2, 0) is 4.74 Å². The zero-order valence-corrected chi connectivity index (χ0v) is 14.3. The van der Waals surface area contributed by atoms with E-state index in [2.05, 4.69) is 63.3 Å². The third-order valence-electron chi connectivity index (χ3n) is 4.34. The molecule has 0 spiro atoms. The molecule has 1 N–H and O–H groups in total. The minimum Gasteiger partial charge on any atom is -0.475 e. The number of anilines is 2. The first-order valence-electron chi connectivity index (χ1n) is 8.19. The van der Waals surface area contributed by atoms with E-state index in [1.807, 2.05) is 12.1 Å². The molecule has 0 saturated heterocycles. The molecule has 0 aliphatic carbocycles. The van der Waals surface area contributed by atoms with Gasteiger partial charge in [-0.25, -0.2) is 4.99 Å². The van der Waals surface area contributed by atoms with Crippen LogP contribution in [0.25, 0.3) is 0 Å². The van der Waals surface area contributed by atoms with Crippen LogP contribution < -0.4 is 5.32 Å². The summed E-state index contributed by atoms with van der Waals surface area (Å²) in [6.45, 7) is 9.28. The van der Waals surface area contributed by atoms with Gasteiger partial charge in [-0.1, -0.05) is 44.2 Å². The van der Waals surface area contributed by atoms with Crippen molar-refractivity contribution in [3.05, 3.63) is 59.2 Å². The molecule has 0 saturated carbocycles. The van der Waals surface area contributed by atoms with E-state index in [0.29, 0.717) is 12.5 Å². The smallest absolute Gasteiger partial charge is 0.218 e. The molecule has 2 aromatic rings. The number of hydrogen-bond donors (Lipinski definition) is 1. The molecule has 120 valence electrons. The Hall–Kier alpha value is -2.29. The molecule has 0 aromatic heterocycles. The zero-order chi connectivity index (χ0) is 16.4. The summed E-state index contributed by atoms with van der Waals surface area (Å²) in [5, 5.41) is 3.57. The van der Waals surface area contributed by atoms with Crippen LogP contribution in [-0.4, -0.2) is 18.5 Å². The Balaban J connectivity index is 1.95. The van der Waals surface area contributed by atoms with Crippen molar-refractivity contribution in [3.63, 3.8) is 0 Å². The van der Waals surface area contributed by atoms with Gasteiger partial charge in [0.25, 0.3) is 0 Å². The van der Waals surface area contributed by atoms with Gasteiger partial charge in [0.1, 0.15) is 6.61 Å². The monoisotopic (exact) mass is 308 g/mol. The summed E-state index contributed by atoms with van der Waals surface area (Å²) in [6.07, 6.45) is 0. The van der Waals surface area contributed by atoms with E-state index in [0.717, 1.165) is 22.8 Å². The zero-order valence-electron chi connectivity index (χ0n) is 14.3. The molecule has 1 aliphatic heterocycles. The maximum Gasteiger partial charge on any atom is 0.218 e. The highest BCUT2D eigenvalue weighted by molar-refractivity contribution is 6.01. The SMILES string of the molecule is Cc1cccc(C)c1Nc1ccccc1C1=N[C@@H](C(C)C)CO1. The second-order valence-corrected chi connectivity index (χ2v) is 6.49. The third-order valence-corrected chi connectivity index (χ3v) is 4.34. The number of nitrogens with zero attached hydrogens (tertiary/aromatic N) is 1. The molecule has 0 bridgehead atoms. The Bertz CT molecular complexity index is 714. The van der Waals surface area contributed by atoms with Crippen molar-refractivity contribution in [2.24, 2.45) is 10.9 Å². The summed E-state index contributed by atoms with van der Waals surface area (Å²) in [5.41, 5.74) is 5.67. The lowest BCUT2D eigenvalue weighted by Gasteiger charge is -2.15. The van der Waals surface area contributed by atoms with Gasteiger partial charge < -0.3 is 10.1 Å². The first-order chi connectivity index (χ1) is 11.1. The second kappa shape index (κ2) is 6.45. The molecule has 3 heteroatoms. The van der Waals surface area contributed by atoms with Crippen LogP contribution in [0.3, 0.4) is 0 Å². The van der Waals surface area contributed by atoms with E-state index in [-0.39, 0.29) is 6.04 Å². The standard InChI is InChI=1S/C20H24N2O/c1-13(2)18-12-23-20(22-18)16-10-5-6-11-17(16)21-19-14(3)8-7-9-15(19)4/h5-11,13,18,21H,12H2,1-4H3/t18-/m1/s1. The number of benzene rings is 2. The maximum atomic E-state index is 5.86. The summed E-state index contributed by atoms with van der Waals surface area (Å²) < 4.78 is 5.86. The molecular weight excluding hydrogens is 284 g/mol. The maximum absolute atomic E-state index is 5.86. The molecule has 0 amide bonds. The van der Waals surface area contributed by atoms with Crippen molar-refractivity contribution in [3.8, 4) is 0 Å². The lowest BCUT2D eigenvalue weighted by Crippen LogP contribution is -2.13. The van der Waals surface area contributed by atoms with E-state index >= 15 is 0 Å². The van der Waals surface area contributed by atoms with Crippen LogP contribution in [0.1, 0.15) is 30.5 Å². The molecule has 23 heavy (non-hydrogen) atoms. The van der Waals surface area contributed by atoms with E-state index in [9.17, 15) is 0 Å². The molecule has 1 aliphatic rings. The molecule has 0 radical (unpaired) electrons. The summed E-state index contributed by atoms with van der Waals surface area (Å²) in [6, 6.07) is 14.8. The summed E-state index contributed by atoms with van der Waals surface area (Å²) in [4.78, 5) is 4.76. The van der Waals surface area contributed by atoms with E-state index in [1.165, 1.54) is 11.1 Å². The van der Waals surface area contributed by atoms with Crippen LogP contribution in [0.4, 0.5) is 11.4 Å². The van der Waals surface area contributed by atoms with Crippen LogP contribution >= 0.6 is 0 Å². The third kappa shape index (κ3) is 3.24. The van der Waals surface area contributed by atoms with Crippen LogP contribution in [0.2, 0.25) is 0 Å². The highest BCUT2D eigenvalue weighted by atomic mass is 16.5. The average molecular weight is 308 g/mol. The first kappa shape index (κ1) is 15.6. The largest absolute Gasteiger partial charge is 0.475 e. The minimum atomic E-state index is 0.248. The Morgan fingerprint density at radius 1 is 1.04 bits per heavy atom. The molecule has 0 fully saturated rings. The van der Waals surface area contributed by atoms with Crippen LogP contribution in [0.15, 0.2) is 47.5 Å². The van der Waals surface area contributed by atoms with Crippen molar-refractivity contribution < 1.29 is 4.74 Å². The molecule has 1 heterocycles. The Labute approximate surface area is 138 Å². The van der Waals surface area contributed by atoms with Gasteiger partial charge in [-0.15, -0.1) is 0 Å².